The van der Waals surface area contributed by atoms with Crippen molar-refractivity contribution in [2.75, 3.05) is 0 Å². The van der Waals surface area contributed by atoms with Crippen LogP contribution in [0.3, 0.4) is 0 Å². The number of benzene rings is 1. The third kappa shape index (κ3) is 2.40. The van der Waals surface area contributed by atoms with Crippen LogP contribution >= 0.6 is 0 Å². The van der Waals surface area contributed by atoms with Gasteiger partial charge in [-0.05, 0) is 6.07 Å². The highest BCUT2D eigenvalue weighted by molar-refractivity contribution is 5.18. The summed E-state index contributed by atoms with van der Waals surface area (Å²) in [6.07, 6.45) is 1.39. The molecule has 0 atom stereocenters. The lowest BCUT2D eigenvalue weighted by Gasteiger charge is -2.04. The molecule has 2 N–H and O–H groups in total. The zero-order valence-electron chi connectivity index (χ0n) is 8.37. The van der Waals surface area contributed by atoms with Gasteiger partial charge in [0.2, 0.25) is 0 Å². The fourth-order valence-corrected chi connectivity index (χ4v) is 1.32. The van der Waals surface area contributed by atoms with Gasteiger partial charge in [-0.2, -0.15) is 5.10 Å². The summed E-state index contributed by atoms with van der Waals surface area (Å²) < 4.78 is 26.1. The van der Waals surface area contributed by atoms with E-state index < -0.39 is 11.6 Å². The summed E-state index contributed by atoms with van der Waals surface area (Å²) in [5.41, 5.74) is 0.291. The third-order valence-corrected chi connectivity index (χ3v) is 2.10. The van der Waals surface area contributed by atoms with Crippen LogP contribution in [0.4, 0.5) is 8.78 Å². The third-order valence-electron chi connectivity index (χ3n) is 2.10. The van der Waals surface area contributed by atoms with E-state index in [2.05, 4.69) is 20.5 Å². The zero-order valence-corrected chi connectivity index (χ0v) is 8.37. The van der Waals surface area contributed by atoms with Gasteiger partial charge in [-0.15, -0.1) is 0 Å². The Morgan fingerprint density at radius 3 is 2.88 bits per heavy atom. The molecular formula is C10H10F2N4. The molecule has 4 nitrogen and oxygen atoms in total. The number of aromatic nitrogens is 3. The largest absolute Gasteiger partial charge is 0.306 e. The first kappa shape index (κ1) is 10.7. The van der Waals surface area contributed by atoms with Crippen LogP contribution in [-0.4, -0.2) is 15.2 Å². The maximum atomic E-state index is 13.2. The van der Waals surface area contributed by atoms with Gasteiger partial charge >= 0.3 is 0 Å². The van der Waals surface area contributed by atoms with E-state index in [1.54, 1.807) is 0 Å². The summed E-state index contributed by atoms with van der Waals surface area (Å²) in [5, 5.41) is 9.26. The summed E-state index contributed by atoms with van der Waals surface area (Å²) in [5.74, 6) is -0.997. The summed E-state index contributed by atoms with van der Waals surface area (Å²) >= 11 is 0. The lowest BCUT2D eigenvalue weighted by molar-refractivity contribution is 0.492. The van der Waals surface area contributed by atoms with Gasteiger partial charge in [-0.1, -0.05) is 12.1 Å². The van der Waals surface area contributed by atoms with Crippen LogP contribution < -0.4 is 5.32 Å². The van der Waals surface area contributed by atoms with Gasteiger partial charge in [0, 0.05) is 12.1 Å². The van der Waals surface area contributed by atoms with Crippen LogP contribution in [-0.2, 0) is 13.1 Å². The molecule has 0 unspecified atom stereocenters. The second-order valence-corrected chi connectivity index (χ2v) is 3.25. The van der Waals surface area contributed by atoms with Crippen molar-refractivity contribution in [3.63, 3.8) is 0 Å². The predicted molar refractivity (Wildman–Crippen MR) is 53.3 cm³/mol. The second kappa shape index (κ2) is 4.80. The highest BCUT2D eigenvalue weighted by Gasteiger charge is 2.06. The van der Waals surface area contributed by atoms with Crippen LogP contribution in [0.25, 0.3) is 0 Å². The molecular weight excluding hydrogens is 214 g/mol. The molecule has 0 bridgehead atoms. The Bertz CT molecular complexity index is 456. The second-order valence-electron chi connectivity index (χ2n) is 3.25. The Labute approximate surface area is 90.7 Å². The van der Waals surface area contributed by atoms with Crippen LogP contribution in [0.2, 0.25) is 0 Å². The lowest BCUT2D eigenvalue weighted by Crippen LogP contribution is -2.15. The minimum absolute atomic E-state index is 0.240. The molecule has 2 rings (SSSR count). The molecule has 0 spiro atoms. The molecule has 0 aliphatic carbocycles. The van der Waals surface area contributed by atoms with Crippen LogP contribution in [0, 0.1) is 11.6 Å². The molecule has 1 heterocycles. The molecule has 6 heteroatoms. The molecule has 0 fully saturated rings. The van der Waals surface area contributed by atoms with Crippen molar-refractivity contribution in [3.05, 3.63) is 47.5 Å². The number of hydrogen-bond acceptors (Lipinski definition) is 3. The smallest absolute Gasteiger partial charge is 0.163 e. The van der Waals surface area contributed by atoms with Gasteiger partial charge in [0.25, 0.3) is 0 Å². The first-order valence-electron chi connectivity index (χ1n) is 4.75. The summed E-state index contributed by atoms with van der Waals surface area (Å²) in [4.78, 5) is 3.89. The number of aromatic amines is 1. The molecule has 1 aromatic heterocycles. The first-order valence-corrected chi connectivity index (χ1v) is 4.75. The number of rotatable bonds is 4. The minimum Gasteiger partial charge on any atom is -0.306 e. The maximum Gasteiger partial charge on any atom is 0.163 e. The number of halogens is 2. The van der Waals surface area contributed by atoms with Gasteiger partial charge < -0.3 is 5.32 Å². The van der Waals surface area contributed by atoms with Crippen molar-refractivity contribution in [3.8, 4) is 0 Å². The maximum absolute atomic E-state index is 13.2. The standard InChI is InChI=1S/C10H10F2N4/c11-8-3-1-2-7(10(8)12)4-13-5-9-14-6-15-16-9/h1-3,6,13H,4-5H2,(H,14,15,16). The molecule has 0 radical (unpaired) electrons. The van der Waals surface area contributed by atoms with Crippen LogP contribution in [0.5, 0.6) is 0 Å². The summed E-state index contributed by atoms with van der Waals surface area (Å²) in [7, 11) is 0. The average Bonchev–Trinajstić information content (AvgIpc) is 2.77. The number of H-pyrrole nitrogens is 1. The molecule has 0 saturated heterocycles. The summed E-state index contributed by atoms with van der Waals surface area (Å²) in [6.45, 7) is 0.667. The van der Waals surface area contributed by atoms with Gasteiger partial charge in [0.1, 0.15) is 12.2 Å². The minimum atomic E-state index is -0.834. The Hall–Kier alpha value is -1.82. The highest BCUT2D eigenvalue weighted by atomic mass is 19.2. The Balaban J connectivity index is 1.92. The van der Waals surface area contributed by atoms with Crippen molar-refractivity contribution >= 4 is 0 Å². The van der Waals surface area contributed by atoms with E-state index in [9.17, 15) is 8.78 Å². The van der Waals surface area contributed by atoms with E-state index in [-0.39, 0.29) is 6.54 Å². The molecule has 2 aromatic rings. The van der Waals surface area contributed by atoms with E-state index in [4.69, 9.17) is 0 Å². The number of nitrogens with one attached hydrogen (secondary N) is 2. The van der Waals surface area contributed by atoms with Gasteiger partial charge in [-0.3, -0.25) is 5.10 Å². The van der Waals surface area contributed by atoms with Gasteiger partial charge in [-0.25, -0.2) is 13.8 Å². The topological polar surface area (TPSA) is 53.6 Å². The highest BCUT2D eigenvalue weighted by Crippen LogP contribution is 2.10. The van der Waals surface area contributed by atoms with E-state index in [1.807, 2.05) is 0 Å². The fourth-order valence-electron chi connectivity index (χ4n) is 1.32. The molecule has 0 aliphatic heterocycles. The normalized spacial score (nSPS) is 10.6. The Morgan fingerprint density at radius 2 is 2.12 bits per heavy atom. The quantitative estimate of drug-likeness (QED) is 0.824. The van der Waals surface area contributed by atoms with Crippen molar-refractivity contribution in [2.24, 2.45) is 0 Å². The predicted octanol–water partition coefficient (Wildman–Crippen LogP) is 1.37. The monoisotopic (exact) mass is 224 g/mol. The molecule has 16 heavy (non-hydrogen) atoms. The molecule has 0 aliphatic rings. The van der Waals surface area contributed by atoms with Crippen molar-refractivity contribution in [1.82, 2.24) is 20.5 Å². The molecule has 1 aromatic carbocycles. The first-order chi connectivity index (χ1) is 7.77. The molecule has 84 valence electrons. The molecule has 0 amide bonds. The Kier molecular flexibility index (Phi) is 3.21. The molecule has 0 saturated carbocycles. The average molecular weight is 224 g/mol. The van der Waals surface area contributed by atoms with Crippen LogP contribution in [0.1, 0.15) is 11.4 Å². The van der Waals surface area contributed by atoms with E-state index in [0.29, 0.717) is 17.9 Å². The van der Waals surface area contributed by atoms with Gasteiger partial charge in [0.05, 0.1) is 6.54 Å². The van der Waals surface area contributed by atoms with E-state index in [1.165, 1.54) is 18.5 Å². The van der Waals surface area contributed by atoms with Gasteiger partial charge in [0.15, 0.2) is 11.6 Å². The number of nitrogens with zero attached hydrogens (tertiary/aromatic N) is 2. The van der Waals surface area contributed by atoms with Crippen molar-refractivity contribution in [1.29, 1.82) is 0 Å². The summed E-state index contributed by atoms with van der Waals surface area (Å²) in [6, 6.07) is 4.10. The fraction of sp³-hybridized carbons (Fsp3) is 0.200. The van der Waals surface area contributed by atoms with Crippen molar-refractivity contribution in [2.45, 2.75) is 13.1 Å². The number of hydrogen-bond donors (Lipinski definition) is 2. The van der Waals surface area contributed by atoms with E-state index >= 15 is 0 Å². The zero-order chi connectivity index (χ0) is 11.4. The van der Waals surface area contributed by atoms with Crippen LogP contribution in [0.15, 0.2) is 24.5 Å². The van der Waals surface area contributed by atoms with E-state index in [0.717, 1.165) is 6.07 Å². The lowest BCUT2D eigenvalue weighted by atomic mass is 10.2. The Morgan fingerprint density at radius 1 is 1.25 bits per heavy atom. The van der Waals surface area contributed by atoms with Crippen molar-refractivity contribution < 1.29 is 8.78 Å². The SMILES string of the molecule is Fc1cccc(CNCc2ncn[nH]2)c1F.